The zero-order chi connectivity index (χ0) is 11.5. The van der Waals surface area contributed by atoms with Gasteiger partial charge < -0.3 is 9.80 Å². The van der Waals surface area contributed by atoms with E-state index in [0.29, 0.717) is 6.04 Å². The standard InChI is InChI=1S/C12H18FN3/c1-15(2)9-10-5-4-8-16(10)12-7-3-6-11(13)14-12/h3,6-7,10H,4-5,8-9H2,1-2H3. The second kappa shape index (κ2) is 4.78. The molecule has 1 aliphatic rings. The van der Waals surface area contributed by atoms with Gasteiger partial charge in [-0.1, -0.05) is 6.07 Å². The molecule has 4 heteroatoms. The molecule has 1 aliphatic heterocycles. The Labute approximate surface area is 95.9 Å². The largest absolute Gasteiger partial charge is 0.352 e. The zero-order valence-electron chi connectivity index (χ0n) is 9.86. The lowest BCUT2D eigenvalue weighted by molar-refractivity contribution is 0.371. The van der Waals surface area contributed by atoms with Crippen molar-refractivity contribution in [1.29, 1.82) is 0 Å². The molecule has 2 rings (SSSR count). The van der Waals surface area contributed by atoms with Gasteiger partial charge in [-0.15, -0.1) is 0 Å². The molecule has 0 saturated carbocycles. The molecule has 1 aromatic rings. The summed E-state index contributed by atoms with van der Waals surface area (Å²) in [6.07, 6.45) is 2.33. The number of nitrogens with zero attached hydrogens (tertiary/aromatic N) is 3. The summed E-state index contributed by atoms with van der Waals surface area (Å²) in [5.74, 6) is 0.373. The van der Waals surface area contributed by atoms with Crippen LogP contribution in [0.15, 0.2) is 18.2 Å². The summed E-state index contributed by atoms with van der Waals surface area (Å²) < 4.78 is 13.1. The summed E-state index contributed by atoms with van der Waals surface area (Å²) in [6, 6.07) is 5.46. The lowest BCUT2D eigenvalue weighted by Crippen LogP contribution is -2.38. The van der Waals surface area contributed by atoms with E-state index >= 15 is 0 Å². The number of rotatable bonds is 3. The van der Waals surface area contributed by atoms with Crippen LogP contribution in [0.5, 0.6) is 0 Å². The minimum atomic E-state index is -0.395. The molecular weight excluding hydrogens is 205 g/mol. The van der Waals surface area contributed by atoms with Crippen molar-refractivity contribution < 1.29 is 4.39 Å². The smallest absolute Gasteiger partial charge is 0.214 e. The summed E-state index contributed by atoms with van der Waals surface area (Å²) in [5, 5.41) is 0. The van der Waals surface area contributed by atoms with E-state index in [0.717, 1.165) is 31.7 Å². The van der Waals surface area contributed by atoms with E-state index in [9.17, 15) is 4.39 Å². The maximum absolute atomic E-state index is 13.1. The fourth-order valence-corrected chi connectivity index (χ4v) is 2.31. The Morgan fingerprint density at radius 1 is 1.50 bits per heavy atom. The van der Waals surface area contributed by atoms with Gasteiger partial charge in [0.05, 0.1) is 0 Å². The van der Waals surface area contributed by atoms with Crippen LogP contribution in [-0.4, -0.2) is 43.1 Å². The van der Waals surface area contributed by atoms with Crippen molar-refractivity contribution in [2.24, 2.45) is 0 Å². The van der Waals surface area contributed by atoms with Crippen molar-refractivity contribution in [3.63, 3.8) is 0 Å². The van der Waals surface area contributed by atoms with E-state index < -0.39 is 5.95 Å². The van der Waals surface area contributed by atoms with Gasteiger partial charge >= 0.3 is 0 Å². The van der Waals surface area contributed by atoms with Crippen LogP contribution in [0.2, 0.25) is 0 Å². The molecule has 2 heterocycles. The highest BCUT2D eigenvalue weighted by Crippen LogP contribution is 2.24. The van der Waals surface area contributed by atoms with E-state index in [1.165, 1.54) is 6.07 Å². The third kappa shape index (κ3) is 2.50. The van der Waals surface area contributed by atoms with E-state index in [4.69, 9.17) is 0 Å². The maximum Gasteiger partial charge on any atom is 0.214 e. The molecule has 0 spiro atoms. The number of aromatic nitrogens is 1. The van der Waals surface area contributed by atoms with Crippen LogP contribution in [0.3, 0.4) is 0 Å². The lowest BCUT2D eigenvalue weighted by atomic mass is 10.2. The van der Waals surface area contributed by atoms with E-state index in [1.807, 2.05) is 6.07 Å². The van der Waals surface area contributed by atoms with Crippen LogP contribution < -0.4 is 4.90 Å². The number of halogens is 1. The quantitative estimate of drug-likeness (QED) is 0.728. The van der Waals surface area contributed by atoms with Crippen molar-refractivity contribution in [1.82, 2.24) is 9.88 Å². The van der Waals surface area contributed by atoms with Gasteiger partial charge in [-0.25, -0.2) is 4.98 Å². The predicted octanol–water partition coefficient (Wildman–Crippen LogP) is 1.75. The Balaban J connectivity index is 2.13. The van der Waals surface area contributed by atoms with Crippen LogP contribution in [0.1, 0.15) is 12.8 Å². The van der Waals surface area contributed by atoms with Gasteiger partial charge in [0.2, 0.25) is 5.95 Å². The number of hydrogen-bond donors (Lipinski definition) is 0. The molecular formula is C12H18FN3. The molecule has 0 N–H and O–H groups in total. The summed E-state index contributed by atoms with van der Waals surface area (Å²) >= 11 is 0. The fourth-order valence-electron chi connectivity index (χ4n) is 2.31. The fraction of sp³-hybridized carbons (Fsp3) is 0.583. The highest BCUT2D eigenvalue weighted by atomic mass is 19.1. The maximum atomic E-state index is 13.1. The summed E-state index contributed by atoms with van der Waals surface area (Å²) in [6.45, 7) is 1.98. The molecule has 1 unspecified atom stereocenters. The third-order valence-electron chi connectivity index (χ3n) is 2.95. The first kappa shape index (κ1) is 11.3. The van der Waals surface area contributed by atoms with Gasteiger partial charge in [-0.05, 0) is 39.1 Å². The average molecular weight is 223 g/mol. The first-order chi connectivity index (χ1) is 7.66. The number of pyridine rings is 1. The van der Waals surface area contributed by atoms with E-state index in [1.54, 1.807) is 6.07 Å². The molecule has 0 amide bonds. The zero-order valence-corrected chi connectivity index (χ0v) is 9.86. The topological polar surface area (TPSA) is 19.4 Å². The highest BCUT2D eigenvalue weighted by Gasteiger charge is 2.25. The molecule has 3 nitrogen and oxygen atoms in total. The Morgan fingerprint density at radius 3 is 3.00 bits per heavy atom. The summed E-state index contributed by atoms with van der Waals surface area (Å²) in [7, 11) is 4.13. The molecule has 0 aliphatic carbocycles. The van der Waals surface area contributed by atoms with Crippen LogP contribution >= 0.6 is 0 Å². The second-order valence-electron chi connectivity index (χ2n) is 4.57. The van der Waals surface area contributed by atoms with Crippen molar-refractivity contribution >= 4 is 5.82 Å². The number of anilines is 1. The third-order valence-corrected chi connectivity index (χ3v) is 2.95. The number of hydrogen-bond acceptors (Lipinski definition) is 3. The summed E-state index contributed by atoms with van der Waals surface area (Å²) in [4.78, 5) is 8.33. The minimum Gasteiger partial charge on any atom is -0.352 e. The summed E-state index contributed by atoms with van der Waals surface area (Å²) in [5.41, 5.74) is 0. The van der Waals surface area contributed by atoms with Gasteiger partial charge in [-0.3, -0.25) is 0 Å². The molecule has 1 fully saturated rings. The Kier molecular flexibility index (Phi) is 3.39. The van der Waals surface area contributed by atoms with Crippen molar-refractivity contribution in [3.8, 4) is 0 Å². The first-order valence-corrected chi connectivity index (χ1v) is 5.71. The van der Waals surface area contributed by atoms with Gasteiger partial charge in [0.15, 0.2) is 0 Å². The van der Waals surface area contributed by atoms with Crippen molar-refractivity contribution in [3.05, 3.63) is 24.1 Å². The van der Waals surface area contributed by atoms with Gasteiger partial charge in [0.25, 0.3) is 0 Å². The average Bonchev–Trinajstić information content (AvgIpc) is 2.65. The second-order valence-corrected chi connectivity index (χ2v) is 4.57. The van der Waals surface area contributed by atoms with E-state index in [2.05, 4.69) is 28.9 Å². The molecule has 1 atom stereocenters. The Bertz CT molecular complexity index is 354. The van der Waals surface area contributed by atoms with Crippen LogP contribution in [-0.2, 0) is 0 Å². The van der Waals surface area contributed by atoms with Gasteiger partial charge in [0, 0.05) is 19.1 Å². The Morgan fingerprint density at radius 2 is 2.31 bits per heavy atom. The van der Waals surface area contributed by atoms with Crippen molar-refractivity contribution in [2.45, 2.75) is 18.9 Å². The molecule has 1 aromatic heterocycles. The van der Waals surface area contributed by atoms with Crippen LogP contribution in [0.25, 0.3) is 0 Å². The van der Waals surface area contributed by atoms with Crippen molar-refractivity contribution in [2.75, 3.05) is 32.1 Å². The lowest BCUT2D eigenvalue weighted by Gasteiger charge is -2.27. The van der Waals surface area contributed by atoms with E-state index in [-0.39, 0.29) is 0 Å². The SMILES string of the molecule is CN(C)CC1CCCN1c1cccc(F)n1. The molecule has 16 heavy (non-hydrogen) atoms. The van der Waals surface area contributed by atoms with Crippen LogP contribution in [0.4, 0.5) is 10.2 Å². The predicted molar refractivity (Wildman–Crippen MR) is 63.1 cm³/mol. The molecule has 0 aromatic carbocycles. The molecule has 1 saturated heterocycles. The minimum absolute atomic E-state index is 0.395. The normalized spacial score (nSPS) is 20.8. The first-order valence-electron chi connectivity index (χ1n) is 5.71. The number of likely N-dealkylation sites (N-methyl/N-ethyl adjacent to an activating group) is 1. The highest BCUT2D eigenvalue weighted by molar-refractivity contribution is 5.40. The van der Waals surface area contributed by atoms with Crippen LogP contribution in [0, 0.1) is 5.95 Å². The monoisotopic (exact) mass is 223 g/mol. The Hall–Kier alpha value is -1.16. The molecule has 88 valence electrons. The molecule has 0 radical (unpaired) electrons. The molecule has 0 bridgehead atoms. The van der Waals surface area contributed by atoms with Gasteiger partial charge in [-0.2, -0.15) is 4.39 Å². The van der Waals surface area contributed by atoms with Gasteiger partial charge in [0.1, 0.15) is 5.82 Å².